The Bertz CT molecular complexity index is 778. The summed E-state index contributed by atoms with van der Waals surface area (Å²) in [4.78, 5) is 24.5. The monoisotopic (exact) mass is 397 g/mol. The minimum Gasteiger partial charge on any atom is -0.489 e. The number of carbonyl (C=O) groups excluding carboxylic acids is 2. The van der Waals surface area contributed by atoms with Gasteiger partial charge >= 0.3 is 0 Å². The standard InChI is InChI=1S/C23H31N3O3/c1-4-16(2)21(23(28)25-3)26-22(27)20(24)14-17-10-12-19(13-11-17)29-15-18-8-6-5-7-9-18/h5-13,16,20-21H,4,14-15,24H2,1-3H3,(H,25,28)(H,26,27)/t16-,20-,21?/m0/s1. The molecule has 1 unspecified atom stereocenters. The van der Waals surface area contributed by atoms with Crippen molar-refractivity contribution in [3.8, 4) is 5.75 Å². The fourth-order valence-electron chi connectivity index (χ4n) is 2.93. The largest absolute Gasteiger partial charge is 0.489 e. The van der Waals surface area contributed by atoms with E-state index in [1.54, 1.807) is 7.05 Å². The van der Waals surface area contributed by atoms with Crippen molar-refractivity contribution in [1.82, 2.24) is 10.6 Å². The zero-order chi connectivity index (χ0) is 21.2. The highest BCUT2D eigenvalue weighted by Crippen LogP contribution is 2.15. The lowest BCUT2D eigenvalue weighted by molar-refractivity contribution is -0.130. The lowest BCUT2D eigenvalue weighted by Crippen LogP contribution is -2.54. The van der Waals surface area contributed by atoms with Crippen LogP contribution in [0.3, 0.4) is 0 Å². The van der Waals surface area contributed by atoms with E-state index in [0.29, 0.717) is 13.0 Å². The van der Waals surface area contributed by atoms with E-state index >= 15 is 0 Å². The number of rotatable bonds is 10. The number of nitrogens with two attached hydrogens (primary N) is 1. The molecule has 0 heterocycles. The van der Waals surface area contributed by atoms with E-state index in [-0.39, 0.29) is 17.7 Å². The first kappa shape index (κ1) is 22.4. The third-order valence-corrected chi connectivity index (χ3v) is 5.00. The van der Waals surface area contributed by atoms with E-state index in [9.17, 15) is 9.59 Å². The molecule has 0 saturated heterocycles. The van der Waals surface area contributed by atoms with Crippen molar-refractivity contribution in [3.63, 3.8) is 0 Å². The first-order chi connectivity index (χ1) is 13.9. The highest BCUT2D eigenvalue weighted by molar-refractivity contribution is 5.89. The van der Waals surface area contributed by atoms with Crippen molar-refractivity contribution in [1.29, 1.82) is 0 Å². The summed E-state index contributed by atoms with van der Waals surface area (Å²) < 4.78 is 5.77. The lowest BCUT2D eigenvalue weighted by Gasteiger charge is -2.24. The van der Waals surface area contributed by atoms with Gasteiger partial charge in [-0.2, -0.15) is 0 Å². The van der Waals surface area contributed by atoms with Crippen molar-refractivity contribution in [2.24, 2.45) is 11.7 Å². The Hall–Kier alpha value is -2.86. The number of hydrogen-bond acceptors (Lipinski definition) is 4. The molecule has 2 rings (SSSR count). The number of carbonyl (C=O) groups is 2. The van der Waals surface area contributed by atoms with Crippen LogP contribution in [0.1, 0.15) is 31.4 Å². The van der Waals surface area contributed by atoms with Gasteiger partial charge in [0.25, 0.3) is 0 Å². The molecule has 6 nitrogen and oxygen atoms in total. The second-order valence-electron chi connectivity index (χ2n) is 7.21. The van der Waals surface area contributed by atoms with Crippen LogP contribution in [0.4, 0.5) is 0 Å². The SMILES string of the molecule is CC[C@H](C)C(NC(=O)[C@@H](N)Cc1ccc(OCc2ccccc2)cc1)C(=O)NC. The van der Waals surface area contributed by atoms with Gasteiger partial charge in [-0.25, -0.2) is 0 Å². The molecule has 6 heteroatoms. The van der Waals surface area contributed by atoms with Crippen molar-refractivity contribution < 1.29 is 14.3 Å². The maximum Gasteiger partial charge on any atom is 0.242 e. The van der Waals surface area contributed by atoms with Crippen LogP contribution in [0.2, 0.25) is 0 Å². The molecule has 0 aliphatic heterocycles. The summed E-state index contributed by atoms with van der Waals surface area (Å²) >= 11 is 0. The van der Waals surface area contributed by atoms with Gasteiger partial charge in [0.15, 0.2) is 0 Å². The zero-order valence-electron chi connectivity index (χ0n) is 17.4. The molecule has 3 atom stereocenters. The van der Waals surface area contributed by atoms with E-state index in [4.69, 9.17) is 10.5 Å². The Morgan fingerprint density at radius 1 is 1.00 bits per heavy atom. The summed E-state index contributed by atoms with van der Waals surface area (Å²) in [6, 6.07) is 16.2. The topological polar surface area (TPSA) is 93.5 Å². The number of amides is 2. The van der Waals surface area contributed by atoms with E-state index in [1.807, 2.05) is 68.4 Å². The van der Waals surface area contributed by atoms with Crippen LogP contribution in [-0.2, 0) is 22.6 Å². The molecule has 0 bridgehead atoms. The Balaban J connectivity index is 1.89. The van der Waals surface area contributed by atoms with Crippen LogP contribution in [0.25, 0.3) is 0 Å². The van der Waals surface area contributed by atoms with E-state index in [1.165, 1.54) is 0 Å². The maximum absolute atomic E-state index is 12.5. The second-order valence-corrected chi connectivity index (χ2v) is 7.21. The molecule has 2 aromatic rings. The van der Waals surface area contributed by atoms with Crippen LogP contribution in [0, 0.1) is 5.92 Å². The number of benzene rings is 2. The third kappa shape index (κ3) is 6.91. The molecule has 0 spiro atoms. The molecule has 2 aromatic carbocycles. The Kier molecular flexibility index (Phi) is 8.68. The third-order valence-electron chi connectivity index (χ3n) is 5.00. The van der Waals surface area contributed by atoms with Crippen molar-refractivity contribution >= 4 is 11.8 Å². The molecule has 0 saturated carbocycles. The Morgan fingerprint density at radius 3 is 2.24 bits per heavy atom. The van der Waals surface area contributed by atoms with Crippen LogP contribution >= 0.6 is 0 Å². The van der Waals surface area contributed by atoms with Crippen LogP contribution in [-0.4, -0.2) is 30.9 Å². The van der Waals surface area contributed by atoms with E-state index < -0.39 is 12.1 Å². The second kappa shape index (κ2) is 11.2. The van der Waals surface area contributed by atoms with Gasteiger partial charge in [-0.1, -0.05) is 62.7 Å². The predicted molar refractivity (Wildman–Crippen MR) is 114 cm³/mol. The average molecular weight is 398 g/mol. The van der Waals surface area contributed by atoms with Crippen LogP contribution in [0.15, 0.2) is 54.6 Å². The van der Waals surface area contributed by atoms with Gasteiger partial charge in [0.2, 0.25) is 11.8 Å². The molecular weight excluding hydrogens is 366 g/mol. The molecule has 2 amide bonds. The van der Waals surface area contributed by atoms with Gasteiger partial charge in [-0.15, -0.1) is 0 Å². The molecule has 4 N–H and O–H groups in total. The van der Waals surface area contributed by atoms with Gasteiger partial charge in [-0.05, 0) is 35.6 Å². The Morgan fingerprint density at radius 2 is 1.66 bits per heavy atom. The lowest BCUT2D eigenvalue weighted by atomic mass is 9.97. The maximum atomic E-state index is 12.5. The number of ether oxygens (including phenoxy) is 1. The summed E-state index contributed by atoms with van der Waals surface area (Å²) in [7, 11) is 1.56. The fourth-order valence-corrected chi connectivity index (χ4v) is 2.93. The summed E-state index contributed by atoms with van der Waals surface area (Å²) in [5.41, 5.74) is 8.11. The minimum absolute atomic E-state index is 0.0205. The van der Waals surface area contributed by atoms with Crippen molar-refractivity contribution in [2.75, 3.05) is 7.05 Å². The van der Waals surface area contributed by atoms with E-state index in [2.05, 4.69) is 10.6 Å². The van der Waals surface area contributed by atoms with Crippen molar-refractivity contribution in [3.05, 3.63) is 65.7 Å². The molecule has 29 heavy (non-hydrogen) atoms. The quantitative estimate of drug-likeness (QED) is 0.574. The van der Waals surface area contributed by atoms with Gasteiger partial charge in [0.05, 0.1) is 6.04 Å². The molecule has 0 aliphatic rings. The minimum atomic E-state index is -0.734. The smallest absolute Gasteiger partial charge is 0.242 e. The molecule has 156 valence electrons. The summed E-state index contributed by atoms with van der Waals surface area (Å²) in [5.74, 6) is 0.238. The molecule has 0 aliphatic carbocycles. The van der Waals surface area contributed by atoms with Gasteiger partial charge in [0.1, 0.15) is 18.4 Å². The van der Waals surface area contributed by atoms with Crippen LogP contribution < -0.4 is 21.1 Å². The van der Waals surface area contributed by atoms with Crippen molar-refractivity contribution in [2.45, 2.75) is 45.4 Å². The summed E-state index contributed by atoms with van der Waals surface area (Å²) in [6.07, 6.45) is 1.16. The first-order valence-corrected chi connectivity index (χ1v) is 9.97. The normalized spacial score (nSPS) is 13.8. The van der Waals surface area contributed by atoms with Gasteiger partial charge in [0, 0.05) is 7.05 Å². The highest BCUT2D eigenvalue weighted by atomic mass is 16.5. The molecular formula is C23H31N3O3. The molecule has 0 radical (unpaired) electrons. The number of hydrogen-bond donors (Lipinski definition) is 3. The summed E-state index contributed by atoms with van der Waals surface area (Å²) in [5, 5.41) is 5.38. The molecule has 0 fully saturated rings. The first-order valence-electron chi connectivity index (χ1n) is 9.97. The average Bonchev–Trinajstić information content (AvgIpc) is 2.76. The highest BCUT2D eigenvalue weighted by Gasteiger charge is 2.27. The zero-order valence-corrected chi connectivity index (χ0v) is 17.4. The fraction of sp³-hybridized carbons (Fsp3) is 0.391. The Labute approximate surface area is 172 Å². The van der Waals surface area contributed by atoms with Gasteiger partial charge < -0.3 is 21.1 Å². The van der Waals surface area contributed by atoms with Crippen LogP contribution in [0.5, 0.6) is 5.75 Å². The summed E-state index contributed by atoms with van der Waals surface area (Å²) in [6.45, 7) is 4.41. The predicted octanol–water partition coefficient (Wildman–Crippen LogP) is 2.41. The van der Waals surface area contributed by atoms with E-state index in [0.717, 1.165) is 23.3 Å². The van der Waals surface area contributed by atoms with Gasteiger partial charge in [-0.3, -0.25) is 9.59 Å². The number of likely N-dealkylation sites (N-methyl/N-ethyl adjacent to an activating group) is 1. The number of nitrogens with one attached hydrogen (secondary N) is 2. The molecule has 0 aromatic heterocycles.